The number of imidazole rings is 1. The molecular formula is C5H7N3O2. The fourth-order valence-electron chi connectivity index (χ4n) is 0.679. The molecule has 0 aliphatic rings. The van der Waals surface area contributed by atoms with Crippen molar-refractivity contribution in [2.45, 2.75) is 0 Å². The fraction of sp³-hybridized carbons (Fsp3) is 0.200. The Kier molecular flexibility index (Phi) is 1.33. The number of nitrogens with two attached hydrogens (primary N) is 1. The van der Waals surface area contributed by atoms with Gasteiger partial charge in [0, 0.05) is 7.05 Å². The van der Waals surface area contributed by atoms with Crippen molar-refractivity contribution in [1.29, 1.82) is 0 Å². The molecule has 3 N–H and O–H groups in total. The van der Waals surface area contributed by atoms with Gasteiger partial charge in [-0.1, -0.05) is 0 Å². The van der Waals surface area contributed by atoms with Gasteiger partial charge in [0.2, 0.25) is 11.7 Å². The quantitative estimate of drug-likeness (QED) is 0.538. The summed E-state index contributed by atoms with van der Waals surface area (Å²) in [4.78, 5) is 13.9. The topological polar surface area (TPSA) is 81.1 Å². The van der Waals surface area contributed by atoms with E-state index in [1.54, 1.807) is 7.05 Å². The number of rotatable bonds is 1. The maximum absolute atomic E-state index is 10.5. The average molecular weight is 141 g/mol. The zero-order chi connectivity index (χ0) is 7.72. The van der Waals surface area contributed by atoms with E-state index in [4.69, 9.17) is 10.8 Å². The van der Waals surface area contributed by atoms with Gasteiger partial charge in [0.15, 0.2) is 0 Å². The summed E-state index contributed by atoms with van der Waals surface area (Å²) in [5.41, 5.74) is 4.89. The van der Waals surface area contributed by atoms with Crippen molar-refractivity contribution in [2.75, 3.05) is 0 Å². The summed E-state index contributed by atoms with van der Waals surface area (Å²) in [6.07, 6.45) is 1.31. The second kappa shape index (κ2) is 2.02. The fourth-order valence-corrected chi connectivity index (χ4v) is 0.679. The Morgan fingerprint density at radius 3 is 2.70 bits per heavy atom. The molecule has 0 radical (unpaired) electrons. The van der Waals surface area contributed by atoms with Crippen molar-refractivity contribution < 1.29 is 9.90 Å². The smallest absolute Gasteiger partial charge is 0.284 e. The van der Waals surface area contributed by atoms with Crippen LogP contribution in [0.3, 0.4) is 0 Å². The van der Waals surface area contributed by atoms with E-state index in [9.17, 15) is 4.79 Å². The Morgan fingerprint density at radius 2 is 2.50 bits per heavy atom. The lowest BCUT2D eigenvalue weighted by Gasteiger charge is -1.91. The summed E-state index contributed by atoms with van der Waals surface area (Å²) in [6, 6.07) is 0. The number of amides is 1. The number of hydrogen-bond acceptors (Lipinski definition) is 3. The standard InChI is InChI=1S/C5H7N3O2/c1-8-2-3(9)7-5(8)4(6)10/h2,9H,1H3,(H2,6,10). The molecule has 0 saturated carbocycles. The van der Waals surface area contributed by atoms with Gasteiger partial charge in [0.1, 0.15) is 0 Å². The Morgan fingerprint density at radius 1 is 1.90 bits per heavy atom. The minimum Gasteiger partial charge on any atom is -0.492 e. The highest BCUT2D eigenvalue weighted by Crippen LogP contribution is 2.05. The zero-order valence-corrected chi connectivity index (χ0v) is 5.40. The summed E-state index contributed by atoms with van der Waals surface area (Å²) in [6.45, 7) is 0. The first-order valence-corrected chi connectivity index (χ1v) is 2.63. The normalized spacial score (nSPS) is 9.70. The highest BCUT2D eigenvalue weighted by Gasteiger charge is 2.08. The molecule has 0 fully saturated rings. The van der Waals surface area contributed by atoms with Crippen LogP contribution in [0.2, 0.25) is 0 Å². The molecule has 1 amide bonds. The minimum absolute atomic E-state index is 0.0532. The zero-order valence-electron chi connectivity index (χ0n) is 5.40. The largest absolute Gasteiger partial charge is 0.492 e. The highest BCUT2D eigenvalue weighted by molar-refractivity contribution is 5.89. The van der Waals surface area contributed by atoms with Gasteiger partial charge in [-0.2, -0.15) is 4.98 Å². The molecule has 0 aliphatic heterocycles. The van der Waals surface area contributed by atoms with E-state index < -0.39 is 5.91 Å². The SMILES string of the molecule is Cn1cc(O)nc1C(N)=O. The van der Waals surface area contributed by atoms with Crippen LogP contribution >= 0.6 is 0 Å². The third kappa shape index (κ3) is 0.928. The van der Waals surface area contributed by atoms with Crippen LogP contribution in [0.4, 0.5) is 0 Å². The van der Waals surface area contributed by atoms with Gasteiger partial charge >= 0.3 is 0 Å². The maximum atomic E-state index is 10.5. The number of carbonyl (C=O) groups is 1. The first-order valence-electron chi connectivity index (χ1n) is 2.63. The van der Waals surface area contributed by atoms with E-state index in [0.717, 1.165) is 0 Å². The summed E-state index contributed by atoms with van der Waals surface area (Å²) < 4.78 is 1.36. The van der Waals surface area contributed by atoms with Gasteiger partial charge in [0.25, 0.3) is 5.91 Å². The molecule has 10 heavy (non-hydrogen) atoms. The van der Waals surface area contributed by atoms with Crippen LogP contribution in [-0.4, -0.2) is 20.6 Å². The molecule has 5 heteroatoms. The number of carbonyl (C=O) groups excluding carboxylic acids is 1. The van der Waals surface area contributed by atoms with Gasteiger partial charge < -0.3 is 15.4 Å². The third-order valence-electron chi connectivity index (χ3n) is 1.08. The average Bonchev–Trinajstić information content (AvgIpc) is 2.10. The third-order valence-corrected chi connectivity index (χ3v) is 1.08. The predicted molar refractivity (Wildman–Crippen MR) is 33.4 cm³/mol. The molecule has 0 aromatic carbocycles. The summed E-state index contributed by atoms with van der Waals surface area (Å²) in [5.74, 6) is -0.795. The molecule has 1 heterocycles. The molecule has 54 valence electrons. The Bertz CT molecular complexity index is 266. The molecule has 1 aromatic heterocycles. The minimum atomic E-state index is -0.650. The Hall–Kier alpha value is -1.52. The van der Waals surface area contributed by atoms with Crippen molar-refractivity contribution in [3.05, 3.63) is 12.0 Å². The number of primary amides is 1. The van der Waals surface area contributed by atoms with Gasteiger partial charge in [0.05, 0.1) is 6.20 Å². The van der Waals surface area contributed by atoms with Crippen LogP contribution < -0.4 is 5.73 Å². The van der Waals surface area contributed by atoms with Crippen LogP contribution in [0, 0.1) is 0 Å². The lowest BCUT2D eigenvalue weighted by atomic mass is 10.6. The van der Waals surface area contributed by atoms with Crippen molar-refractivity contribution in [3.8, 4) is 5.88 Å². The molecule has 0 saturated heterocycles. The molecule has 0 bridgehead atoms. The lowest BCUT2D eigenvalue weighted by molar-refractivity contribution is 0.0987. The first kappa shape index (κ1) is 6.60. The van der Waals surface area contributed by atoms with Crippen molar-refractivity contribution in [1.82, 2.24) is 9.55 Å². The van der Waals surface area contributed by atoms with E-state index in [-0.39, 0.29) is 11.7 Å². The number of nitrogens with zero attached hydrogens (tertiary/aromatic N) is 2. The predicted octanol–water partition coefficient (Wildman–Crippen LogP) is -0.775. The molecule has 5 nitrogen and oxygen atoms in total. The van der Waals surface area contributed by atoms with E-state index in [0.29, 0.717) is 0 Å². The highest BCUT2D eigenvalue weighted by atomic mass is 16.3. The second-order valence-electron chi connectivity index (χ2n) is 1.90. The molecule has 1 rings (SSSR count). The molecule has 0 unspecified atom stereocenters. The molecular weight excluding hydrogens is 134 g/mol. The van der Waals surface area contributed by atoms with Gasteiger partial charge in [-0.15, -0.1) is 0 Å². The van der Waals surface area contributed by atoms with Gasteiger partial charge in [-0.05, 0) is 0 Å². The summed E-state index contributed by atoms with van der Waals surface area (Å²) in [7, 11) is 1.58. The molecule has 0 spiro atoms. The van der Waals surface area contributed by atoms with E-state index in [1.165, 1.54) is 10.8 Å². The van der Waals surface area contributed by atoms with E-state index in [2.05, 4.69) is 4.98 Å². The van der Waals surface area contributed by atoms with Crippen LogP contribution in [0.5, 0.6) is 5.88 Å². The van der Waals surface area contributed by atoms with Crippen LogP contribution in [0.15, 0.2) is 6.20 Å². The van der Waals surface area contributed by atoms with Crippen LogP contribution in [0.25, 0.3) is 0 Å². The Labute approximate surface area is 57.1 Å². The first-order chi connectivity index (χ1) is 4.61. The van der Waals surface area contributed by atoms with Crippen molar-refractivity contribution >= 4 is 5.91 Å². The molecule has 0 atom stereocenters. The Balaban J connectivity index is 3.15. The van der Waals surface area contributed by atoms with E-state index >= 15 is 0 Å². The van der Waals surface area contributed by atoms with E-state index in [1.807, 2.05) is 0 Å². The number of aromatic hydroxyl groups is 1. The number of aromatic nitrogens is 2. The van der Waals surface area contributed by atoms with Crippen LogP contribution in [0.1, 0.15) is 10.6 Å². The van der Waals surface area contributed by atoms with Crippen LogP contribution in [-0.2, 0) is 7.05 Å². The maximum Gasteiger partial charge on any atom is 0.284 e. The summed E-state index contributed by atoms with van der Waals surface area (Å²) >= 11 is 0. The van der Waals surface area contributed by atoms with Gasteiger partial charge in [-0.3, -0.25) is 4.79 Å². The monoisotopic (exact) mass is 141 g/mol. The summed E-state index contributed by atoms with van der Waals surface area (Å²) in [5, 5.41) is 8.74. The molecule has 0 aliphatic carbocycles. The number of aryl methyl sites for hydroxylation is 1. The van der Waals surface area contributed by atoms with Crippen molar-refractivity contribution in [2.24, 2.45) is 12.8 Å². The second-order valence-corrected chi connectivity index (χ2v) is 1.90. The van der Waals surface area contributed by atoms with Gasteiger partial charge in [-0.25, -0.2) is 0 Å². The van der Waals surface area contributed by atoms with Crippen molar-refractivity contribution in [3.63, 3.8) is 0 Å². The number of hydrogen-bond donors (Lipinski definition) is 2. The lowest BCUT2D eigenvalue weighted by Crippen LogP contribution is -2.16. The molecule has 1 aromatic rings.